The van der Waals surface area contributed by atoms with Gasteiger partial charge in [-0.2, -0.15) is 0 Å². The molecule has 7 nitrogen and oxygen atoms in total. The molecule has 3 N–H and O–H groups in total. The molecule has 2 aliphatic heterocycles. The molecule has 2 heterocycles. The van der Waals surface area contributed by atoms with Crippen LogP contribution in [0.2, 0.25) is 0 Å². The first kappa shape index (κ1) is 12.8. The summed E-state index contributed by atoms with van der Waals surface area (Å²) in [5.74, 6) is 0.453. The van der Waals surface area contributed by atoms with E-state index >= 15 is 0 Å². The maximum atomic E-state index is 11.9. The van der Waals surface area contributed by atoms with Crippen LogP contribution in [-0.2, 0) is 9.59 Å². The molecule has 1 aromatic carbocycles. The highest BCUT2D eigenvalue weighted by molar-refractivity contribution is 8.14. The maximum absolute atomic E-state index is 11.9. The number of anilines is 2. The zero-order valence-corrected chi connectivity index (χ0v) is 11.1. The standard InChI is InChI=1S/C12H11N3O4S/c16-10-4-19-9-2-1-6(3-7(9)14-10)13-11(17)8-5-20-12(18)15-8/h1-3,8H,4-5H2,(H,13,17)(H,14,16)(H,15,18). The van der Waals surface area contributed by atoms with Crippen LogP contribution >= 0.6 is 11.8 Å². The Bertz CT molecular complexity index is 604. The van der Waals surface area contributed by atoms with Crippen molar-refractivity contribution >= 4 is 40.2 Å². The highest BCUT2D eigenvalue weighted by atomic mass is 32.2. The summed E-state index contributed by atoms with van der Waals surface area (Å²) in [7, 11) is 0. The van der Waals surface area contributed by atoms with E-state index in [1.54, 1.807) is 18.2 Å². The zero-order valence-electron chi connectivity index (χ0n) is 10.3. The predicted octanol–water partition coefficient (Wildman–Crippen LogP) is 0.781. The predicted molar refractivity (Wildman–Crippen MR) is 74.0 cm³/mol. The molecule has 1 fully saturated rings. The smallest absolute Gasteiger partial charge is 0.279 e. The minimum absolute atomic E-state index is 0.00989. The van der Waals surface area contributed by atoms with Gasteiger partial charge in [0.2, 0.25) is 5.91 Å². The van der Waals surface area contributed by atoms with Crippen LogP contribution in [0.25, 0.3) is 0 Å². The summed E-state index contributed by atoms with van der Waals surface area (Å²) in [5, 5.41) is 7.72. The summed E-state index contributed by atoms with van der Waals surface area (Å²) < 4.78 is 5.22. The van der Waals surface area contributed by atoms with Gasteiger partial charge in [-0.15, -0.1) is 0 Å². The molecule has 1 aromatic rings. The van der Waals surface area contributed by atoms with Gasteiger partial charge in [-0.05, 0) is 18.2 Å². The summed E-state index contributed by atoms with van der Waals surface area (Å²) in [5.41, 5.74) is 1.05. The Morgan fingerprint density at radius 2 is 2.25 bits per heavy atom. The van der Waals surface area contributed by atoms with Crippen LogP contribution in [0.4, 0.5) is 16.2 Å². The molecule has 3 amide bonds. The lowest BCUT2D eigenvalue weighted by Crippen LogP contribution is -2.38. The number of hydrogen-bond donors (Lipinski definition) is 3. The second kappa shape index (κ2) is 5.04. The highest BCUT2D eigenvalue weighted by Gasteiger charge is 2.28. The first-order valence-electron chi connectivity index (χ1n) is 5.93. The lowest BCUT2D eigenvalue weighted by Gasteiger charge is -2.19. The van der Waals surface area contributed by atoms with Crippen molar-refractivity contribution in [3.8, 4) is 5.75 Å². The number of benzene rings is 1. The second-order valence-corrected chi connectivity index (χ2v) is 5.33. The van der Waals surface area contributed by atoms with Crippen LogP contribution in [-0.4, -0.2) is 35.5 Å². The number of hydrogen-bond acceptors (Lipinski definition) is 5. The van der Waals surface area contributed by atoms with Gasteiger partial charge in [-0.1, -0.05) is 11.8 Å². The van der Waals surface area contributed by atoms with Crippen molar-refractivity contribution in [1.29, 1.82) is 0 Å². The van der Waals surface area contributed by atoms with Gasteiger partial charge in [0.25, 0.3) is 11.1 Å². The number of rotatable bonds is 2. The minimum atomic E-state index is -0.533. The van der Waals surface area contributed by atoms with Gasteiger partial charge >= 0.3 is 0 Å². The Balaban J connectivity index is 1.71. The van der Waals surface area contributed by atoms with Crippen LogP contribution in [0.5, 0.6) is 5.75 Å². The molecule has 0 aliphatic carbocycles. The summed E-state index contributed by atoms with van der Waals surface area (Å²) in [6, 6.07) is 4.44. The van der Waals surface area contributed by atoms with E-state index in [4.69, 9.17) is 4.74 Å². The van der Waals surface area contributed by atoms with Crippen molar-refractivity contribution in [2.75, 3.05) is 23.0 Å². The van der Waals surface area contributed by atoms with Crippen molar-refractivity contribution in [3.63, 3.8) is 0 Å². The Hall–Kier alpha value is -2.22. The fourth-order valence-corrected chi connectivity index (χ4v) is 2.69. The number of amides is 3. The number of carbonyl (C=O) groups excluding carboxylic acids is 3. The Labute approximate surface area is 118 Å². The fourth-order valence-electron chi connectivity index (χ4n) is 1.92. The van der Waals surface area contributed by atoms with Gasteiger partial charge in [0.05, 0.1) is 5.69 Å². The molecule has 104 valence electrons. The van der Waals surface area contributed by atoms with E-state index in [1.165, 1.54) is 0 Å². The molecule has 2 aliphatic rings. The number of fused-ring (bicyclic) bond motifs is 1. The van der Waals surface area contributed by atoms with Gasteiger partial charge in [0.15, 0.2) is 6.61 Å². The molecule has 0 aromatic heterocycles. The Kier molecular flexibility index (Phi) is 3.23. The minimum Gasteiger partial charge on any atom is -0.482 e. The SMILES string of the molecule is O=C1COc2ccc(NC(=O)C3CSC(=O)N3)cc2N1. The van der Waals surface area contributed by atoms with Gasteiger partial charge in [0, 0.05) is 11.4 Å². The van der Waals surface area contributed by atoms with Crippen molar-refractivity contribution in [1.82, 2.24) is 5.32 Å². The van der Waals surface area contributed by atoms with Gasteiger partial charge in [-0.3, -0.25) is 14.4 Å². The molecule has 8 heteroatoms. The lowest BCUT2D eigenvalue weighted by atomic mass is 10.2. The molecule has 1 saturated heterocycles. The molecule has 3 rings (SSSR count). The first-order valence-corrected chi connectivity index (χ1v) is 6.91. The van der Waals surface area contributed by atoms with E-state index in [2.05, 4.69) is 16.0 Å². The van der Waals surface area contributed by atoms with E-state index in [0.29, 0.717) is 22.9 Å². The van der Waals surface area contributed by atoms with Gasteiger partial charge in [0.1, 0.15) is 11.8 Å². The molecular formula is C12H11N3O4S. The summed E-state index contributed by atoms with van der Waals surface area (Å²) >= 11 is 1.08. The van der Waals surface area contributed by atoms with Crippen molar-refractivity contribution in [2.24, 2.45) is 0 Å². The fraction of sp³-hybridized carbons (Fsp3) is 0.250. The molecule has 0 radical (unpaired) electrons. The quantitative estimate of drug-likeness (QED) is 0.749. The molecule has 0 saturated carbocycles. The lowest BCUT2D eigenvalue weighted by molar-refractivity contribution is -0.118. The molecular weight excluding hydrogens is 282 g/mol. The van der Waals surface area contributed by atoms with Crippen molar-refractivity contribution < 1.29 is 19.1 Å². The van der Waals surface area contributed by atoms with Crippen LogP contribution in [0.3, 0.4) is 0 Å². The van der Waals surface area contributed by atoms with E-state index in [-0.39, 0.29) is 23.7 Å². The topological polar surface area (TPSA) is 96.5 Å². The second-order valence-electron chi connectivity index (χ2n) is 4.33. The van der Waals surface area contributed by atoms with Crippen LogP contribution in [0.1, 0.15) is 0 Å². The van der Waals surface area contributed by atoms with Crippen molar-refractivity contribution in [3.05, 3.63) is 18.2 Å². The molecule has 0 spiro atoms. The third kappa shape index (κ3) is 2.55. The van der Waals surface area contributed by atoms with Crippen LogP contribution in [0.15, 0.2) is 18.2 Å². The maximum Gasteiger partial charge on any atom is 0.279 e. The van der Waals surface area contributed by atoms with Crippen molar-refractivity contribution in [2.45, 2.75) is 6.04 Å². The number of ether oxygens (including phenoxy) is 1. The van der Waals surface area contributed by atoms with Gasteiger partial charge in [-0.25, -0.2) is 0 Å². The monoisotopic (exact) mass is 293 g/mol. The van der Waals surface area contributed by atoms with Gasteiger partial charge < -0.3 is 20.7 Å². The summed E-state index contributed by atoms with van der Waals surface area (Å²) in [6.45, 7) is -0.00989. The number of thioether (sulfide) groups is 1. The largest absolute Gasteiger partial charge is 0.482 e. The number of carbonyl (C=O) groups is 3. The van der Waals surface area contributed by atoms with E-state index in [9.17, 15) is 14.4 Å². The third-order valence-corrected chi connectivity index (χ3v) is 3.75. The molecule has 1 atom stereocenters. The van der Waals surface area contributed by atoms with Crippen LogP contribution in [0, 0.1) is 0 Å². The zero-order chi connectivity index (χ0) is 14.1. The number of nitrogens with one attached hydrogen (secondary N) is 3. The normalized spacial score (nSPS) is 20.5. The average Bonchev–Trinajstić information content (AvgIpc) is 2.85. The average molecular weight is 293 g/mol. The molecule has 1 unspecified atom stereocenters. The third-order valence-electron chi connectivity index (χ3n) is 2.87. The van der Waals surface area contributed by atoms with E-state index in [0.717, 1.165) is 11.8 Å². The molecule has 0 bridgehead atoms. The Morgan fingerprint density at radius 3 is 3.00 bits per heavy atom. The summed E-state index contributed by atoms with van der Waals surface area (Å²) in [4.78, 5) is 34.2. The highest BCUT2D eigenvalue weighted by Crippen LogP contribution is 2.30. The summed E-state index contributed by atoms with van der Waals surface area (Å²) in [6.07, 6.45) is 0. The Morgan fingerprint density at radius 1 is 1.40 bits per heavy atom. The van der Waals surface area contributed by atoms with E-state index in [1.807, 2.05) is 0 Å². The first-order chi connectivity index (χ1) is 9.61. The van der Waals surface area contributed by atoms with E-state index < -0.39 is 6.04 Å². The van der Waals surface area contributed by atoms with Crippen LogP contribution < -0.4 is 20.7 Å². The molecule has 20 heavy (non-hydrogen) atoms.